The molecule has 0 heterocycles. The number of hydrogen-bond donors (Lipinski definition) is 0. The van der Waals surface area contributed by atoms with E-state index in [2.05, 4.69) is 27.7 Å². The Hall–Kier alpha value is 0. The van der Waals surface area contributed by atoms with Crippen LogP contribution in [0.25, 0.3) is 0 Å². The molecule has 66 valence electrons. The van der Waals surface area contributed by atoms with Gasteiger partial charge in [0.1, 0.15) is 0 Å². The third kappa shape index (κ3) is 2.21. The average Bonchev–Trinajstić information content (AvgIpc) is 2.66. The Kier molecular flexibility index (Phi) is 2.98. The van der Waals surface area contributed by atoms with Gasteiger partial charge in [-0.1, -0.05) is 40.5 Å². The van der Waals surface area contributed by atoms with E-state index in [1.54, 1.807) is 0 Å². The van der Waals surface area contributed by atoms with Crippen molar-refractivity contribution in [1.82, 2.24) is 0 Å². The van der Waals surface area contributed by atoms with Crippen LogP contribution in [-0.2, 0) is 0 Å². The second-order valence-electron chi connectivity index (χ2n) is 4.50. The van der Waals surface area contributed by atoms with Gasteiger partial charge in [-0.2, -0.15) is 0 Å². The van der Waals surface area contributed by atoms with Crippen LogP contribution in [-0.4, -0.2) is 0 Å². The largest absolute Gasteiger partial charge is 0.0654 e. The summed E-state index contributed by atoms with van der Waals surface area (Å²) >= 11 is 0. The summed E-state index contributed by atoms with van der Waals surface area (Å²) in [5.41, 5.74) is 0. The van der Waals surface area contributed by atoms with Crippen LogP contribution in [0.5, 0.6) is 0 Å². The molecule has 0 nitrogen and oxygen atoms in total. The van der Waals surface area contributed by atoms with Gasteiger partial charge in [0.05, 0.1) is 0 Å². The molecule has 0 aliphatic heterocycles. The molecule has 0 spiro atoms. The Morgan fingerprint density at radius 3 is 2.27 bits per heavy atom. The fraction of sp³-hybridized carbons (Fsp3) is 1.00. The van der Waals surface area contributed by atoms with E-state index in [-0.39, 0.29) is 0 Å². The molecule has 1 aliphatic carbocycles. The van der Waals surface area contributed by atoms with E-state index in [1.165, 1.54) is 19.3 Å². The van der Waals surface area contributed by atoms with Crippen molar-refractivity contribution in [3.63, 3.8) is 0 Å². The van der Waals surface area contributed by atoms with Crippen molar-refractivity contribution in [3.8, 4) is 0 Å². The molecule has 0 N–H and O–H groups in total. The van der Waals surface area contributed by atoms with Crippen molar-refractivity contribution >= 4 is 0 Å². The highest BCUT2D eigenvalue weighted by Gasteiger charge is 2.38. The summed E-state index contributed by atoms with van der Waals surface area (Å²) in [7, 11) is 0. The maximum absolute atomic E-state index is 2.44. The highest BCUT2D eigenvalue weighted by molar-refractivity contribution is 4.88. The molecule has 0 aromatic rings. The minimum absolute atomic E-state index is 0.954. The Bertz CT molecular complexity index is 117. The third-order valence-electron chi connectivity index (χ3n) is 3.49. The molecular formula is C11H22. The summed E-state index contributed by atoms with van der Waals surface area (Å²) in [6.45, 7) is 9.53. The highest BCUT2D eigenvalue weighted by Crippen LogP contribution is 2.46. The third-order valence-corrected chi connectivity index (χ3v) is 3.49. The van der Waals surface area contributed by atoms with Crippen molar-refractivity contribution in [2.45, 2.75) is 47.0 Å². The minimum Gasteiger partial charge on any atom is -0.0654 e. The molecule has 0 aromatic heterocycles. The molecule has 0 heteroatoms. The molecule has 4 atom stereocenters. The monoisotopic (exact) mass is 154 g/mol. The lowest BCUT2D eigenvalue weighted by Crippen LogP contribution is -2.10. The van der Waals surface area contributed by atoms with E-state index in [1.807, 2.05) is 0 Å². The SMILES string of the molecule is CCCC(C)C(C)C1CC1C. The van der Waals surface area contributed by atoms with Crippen LogP contribution in [0.3, 0.4) is 0 Å². The molecule has 0 aromatic carbocycles. The van der Waals surface area contributed by atoms with Crippen LogP contribution >= 0.6 is 0 Å². The van der Waals surface area contributed by atoms with E-state index in [0.717, 1.165) is 23.7 Å². The predicted octanol–water partition coefficient (Wildman–Crippen LogP) is 3.71. The van der Waals surface area contributed by atoms with Crippen molar-refractivity contribution in [2.75, 3.05) is 0 Å². The lowest BCUT2D eigenvalue weighted by Gasteiger charge is -2.18. The molecule has 1 aliphatic rings. The van der Waals surface area contributed by atoms with Crippen LogP contribution < -0.4 is 0 Å². The molecule has 1 fully saturated rings. The van der Waals surface area contributed by atoms with Crippen LogP contribution in [0.2, 0.25) is 0 Å². The summed E-state index contributed by atoms with van der Waals surface area (Å²) in [6, 6.07) is 0. The van der Waals surface area contributed by atoms with Gasteiger partial charge in [-0.15, -0.1) is 0 Å². The molecule has 11 heavy (non-hydrogen) atoms. The predicted molar refractivity (Wildman–Crippen MR) is 50.5 cm³/mol. The zero-order valence-corrected chi connectivity index (χ0v) is 8.43. The van der Waals surface area contributed by atoms with Gasteiger partial charge in [0.15, 0.2) is 0 Å². The number of hydrogen-bond acceptors (Lipinski definition) is 0. The minimum atomic E-state index is 0.954. The topological polar surface area (TPSA) is 0 Å². The second-order valence-corrected chi connectivity index (χ2v) is 4.50. The first-order valence-corrected chi connectivity index (χ1v) is 5.16. The standard InChI is InChI=1S/C11H22/c1-5-6-8(2)10(4)11-7-9(11)3/h8-11H,5-7H2,1-4H3. The van der Waals surface area contributed by atoms with Gasteiger partial charge in [0.25, 0.3) is 0 Å². The average molecular weight is 154 g/mol. The highest BCUT2D eigenvalue weighted by atomic mass is 14.4. The van der Waals surface area contributed by atoms with Gasteiger partial charge in [-0.05, 0) is 30.1 Å². The van der Waals surface area contributed by atoms with Gasteiger partial charge >= 0.3 is 0 Å². The Labute approximate surface area is 71.4 Å². The molecular weight excluding hydrogens is 132 g/mol. The van der Waals surface area contributed by atoms with Gasteiger partial charge in [-0.25, -0.2) is 0 Å². The van der Waals surface area contributed by atoms with Gasteiger partial charge in [-0.3, -0.25) is 0 Å². The zero-order valence-electron chi connectivity index (χ0n) is 8.43. The van der Waals surface area contributed by atoms with Crippen LogP contribution in [0, 0.1) is 23.7 Å². The quantitative estimate of drug-likeness (QED) is 0.579. The van der Waals surface area contributed by atoms with Crippen molar-refractivity contribution in [3.05, 3.63) is 0 Å². The summed E-state index contributed by atoms with van der Waals surface area (Å²) in [6.07, 6.45) is 4.27. The van der Waals surface area contributed by atoms with E-state index in [9.17, 15) is 0 Å². The maximum atomic E-state index is 2.44. The van der Waals surface area contributed by atoms with Crippen molar-refractivity contribution in [1.29, 1.82) is 0 Å². The number of rotatable bonds is 4. The lowest BCUT2D eigenvalue weighted by molar-refractivity contribution is 0.314. The van der Waals surface area contributed by atoms with E-state index < -0.39 is 0 Å². The molecule has 0 radical (unpaired) electrons. The maximum Gasteiger partial charge on any atom is -0.0357 e. The van der Waals surface area contributed by atoms with E-state index in [0.29, 0.717) is 0 Å². The molecule has 4 unspecified atom stereocenters. The first kappa shape index (κ1) is 9.09. The van der Waals surface area contributed by atoms with E-state index >= 15 is 0 Å². The Balaban J connectivity index is 2.23. The van der Waals surface area contributed by atoms with Crippen LogP contribution in [0.1, 0.15) is 47.0 Å². The van der Waals surface area contributed by atoms with Gasteiger partial charge < -0.3 is 0 Å². The van der Waals surface area contributed by atoms with Crippen LogP contribution in [0.4, 0.5) is 0 Å². The summed E-state index contributed by atoms with van der Waals surface area (Å²) in [4.78, 5) is 0. The summed E-state index contributed by atoms with van der Waals surface area (Å²) in [5.74, 6) is 4.03. The fourth-order valence-corrected chi connectivity index (χ4v) is 2.22. The van der Waals surface area contributed by atoms with E-state index in [4.69, 9.17) is 0 Å². The molecule has 0 amide bonds. The first-order chi connectivity index (χ1) is 5.16. The second kappa shape index (κ2) is 3.60. The summed E-state index contributed by atoms with van der Waals surface area (Å²) < 4.78 is 0. The van der Waals surface area contributed by atoms with Crippen molar-refractivity contribution in [2.24, 2.45) is 23.7 Å². The first-order valence-electron chi connectivity index (χ1n) is 5.16. The van der Waals surface area contributed by atoms with Gasteiger partial charge in [0, 0.05) is 0 Å². The summed E-state index contributed by atoms with van der Waals surface area (Å²) in [5, 5.41) is 0. The normalized spacial score (nSPS) is 34.9. The molecule has 0 bridgehead atoms. The van der Waals surface area contributed by atoms with Gasteiger partial charge in [0.2, 0.25) is 0 Å². The Morgan fingerprint density at radius 1 is 1.36 bits per heavy atom. The smallest absolute Gasteiger partial charge is 0.0357 e. The zero-order chi connectivity index (χ0) is 8.43. The van der Waals surface area contributed by atoms with Crippen LogP contribution in [0.15, 0.2) is 0 Å². The lowest BCUT2D eigenvalue weighted by atomic mass is 9.87. The fourth-order valence-electron chi connectivity index (χ4n) is 2.22. The molecule has 1 rings (SSSR count). The van der Waals surface area contributed by atoms with Crippen molar-refractivity contribution < 1.29 is 0 Å². The Morgan fingerprint density at radius 2 is 1.91 bits per heavy atom. The molecule has 1 saturated carbocycles. The molecule has 0 saturated heterocycles.